The summed E-state index contributed by atoms with van der Waals surface area (Å²) >= 11 is 0. The van der Waals surface area contributed by atoms with Crippen LogP contribution in [0.5, 0.6) is 0 Å². The highest BCUT2D eigenvalue weighted by atomic mass is 16.4. The summed E-state index contributed by atoms with van der Waals surface area (Å²) in [7, 11) is 1.78. The molecule has 6 rings (SSSR count). The van der Waals surface area contributed by atoms with Crippen LogP contribution in [0, 0.1) is 5.92 Å². The van der Waals surface area contributed by atoms with E-state index in [1.165, 1.54) is 0 Å². The summed E-state index contributed by atoms with van der Waals surface area (Å²) in [5.74, 6) is -0.107. The second-order valence-electron chi connectivity index (χ2n) is 12.4. The Morgan fingerprint density at radius 3 is 2.23 bits per heavy atom. The summed E-state index contributed by atoms with van der Waals surface area (Å²) in [6.07, 6.45) is 5.44. The van der Waals surface area contributed by atoms with Crippen molar-refractivity contribution in [2.75, 3.05) is 6.54 Å². The van der Waals surface area contributed by atoms with E-state index >= 15 is 0 Å². The second-order valence-corrected chi connectivity index (χ2v) is 12.4. The number of likely N-dealkylation sites (tertiary alicyclic amines) is 1. The van der Waals surface area contributed by atoms with E-state index in [0.717, 1.165) is 54.1 Å². The highest BCUT2D eigenvalue weighted by molar-refractivity contribution is 5.81. The molecule has 1 saturated heterocycles. The number of fused-ring (bicyclic) bond motifs is 1. The molecule has 1 saturated carbocycles. The van der Waals surface area contributed by atoms with Crippen LogP contribution in [0.2, 0.25) is 0 Å². The predicted octanol–water partition coefficient (Wildman–Crippen LogP) is 6.73. The summed E-state index contributed by atoms with van der Waals surface area (Å²) in [4.78, 5) is 45.2. The smallest absolute Gasteiger partial charge is 0.408 e. The first-order chi connectivity index (χ1) is 21.4. The van der Waals surface area contributed by atoms with Gasteiger partial charge in [0.25, 0.3) is 5.56 Å². The van der Waals surface area contributed by atoms with E-state index in [9.17, 15) is 19.5 Å². The zero-order valence-electron chi connectivity index (χ0n) is 25.4. The van der Waals surface area contributed by atoms with Gasteiger partial charge in [0.2, 0.25) is 5.91 Å². The Hall–Kier alpha value is -4.39. The first-order valence-corrected chi connectivity index (χ1v) is 15.9. The molecule has 2 atom stereocenters. The van der Waals surface area contributed by atoms with Crippen molar-refractivity contribution in [2.24, 2.45) is 13.0 Å². The molecule has 1 aromatic heterocycles. The highest BCUT2D eigenvalue weighted by Gasteiger charge is 2.53. The number of hydrogen-bond acceptors (Lipinski definition) is 3. The molecule has 0 radical (unpaired) electrons. The molecule has 7 nitrogen and oxygen atoms in total. The average molecular weight is 592 g/mol. The standard InChI is InChI=1S/C37H41N3O4/c1-38-32-21-12-11-18-29(32)24-30(34(38)41)26-39(35(42)28-16-7-3-8-17-28)33-22-13-23-40(36(43)44)37(33,31-19-9-4-10-20-31)25-27-14-5-2-6-15-27/h2,4-6,9-12,14-15,18-21,24,28,33H,3,7-8,13,16-17,22-23,25-26H2,1H3,(H,43,44). The number of rotatable bonds is 7. The second kappa shape index (κ2) is 12.7. The summed E-state index contributed by atoms with van der Waals surface area (Å²) in [5, 5.41) is 11.7. The van der Waals surface area contributed by atoms with Gasteiger partial charge in [0, 0.05) is 31.5 Å². The average Bonchev–Trinajstić information content (AvgIpc) is 3.06. The molecule has 2 aliphatic rings. The van der Waals surface area contributed by atoms with E-state index in [0.29, 0.717) is 31.4 Å². The molecule has 1 aliphatic carbocycles. The van der Waals surface area contributed by atoms with Crippen LogP contribution in [0.4, 0.5) is 4.79 Å². The number of carbonyl (C=O) groups is 2. The van der Waals surface area contributed by atoms with Crippen LogP contribution in [-0.4, -0.2) is 44.1 Å². The van der Waals surface area contributed by atoms with E-state index in [1.807, 2.05) is 95.9 Å². The summed E-state index contributed by atoms with van der Waals surface area (Å²) < 4.78 is 1.66. The van der Waals surface area contributed by atoms with Gasteiger partial charge in [-0.05, 0) is 54.3 Å². The quantitative estimate of drug-likeness (QED) is 0.258. The number of aryl methyl sites for hydroxylation is 1. The zero-order valence-corrected chi connectivity index (χ0v) is 25.4. The van der Waals surface area contributed by atoms with Crippen molar-refractivity contribution in [3.63, 3.8) is 0 Å². The molecule has 4 aromatic rings. The molecule has 2 unspecified atom stereocenters. The molecule has 0 bridgehead atoms. The van der Waals surface area contributed by atoms with Gasteiger partial charge in [-0.25, -0.2) is 4.79 Å². The van der Waals surface area contributed by atoms with Gasteiger partial charge in [0.1, 0.15) is 0 Å². The monoisotopic (exact) mass is 591 g/mol. The summed E-state index contributed by atoms with van der Waals surface area (Å²) in [6.45, 7) is 0.505. The molecule has 7 heteroatoms. The number of benzene rings is 3. The predicted molar refractivity (Wildman–Crippen MR) is 172 cm³/mol. The molecule has 0 spiro atoms. The summed E-state index contributed by atoms with van der Waals surface area (Å²) in [6, 6.07) is 29.0. The number of nitrogens with zero attached hydrogens (tertiary/aromatic N) is 3. The normalized spacial score (nSPS) is 20.8. The van der Waals surface area contributed by atoms with Crippen molar-refractivity contribution in [2.45, 2.75) is 69.5 Å². The van der Waals surface area contributed by atoms with Gasteiger partial charge in [-0.2, -0.15) is 0 Å². The van der Waals surface area contributed by atoms with E-state index in [1.54, 1.807) is 16.5 Å². The number of amides is 2. The third-order valence-electron chi connectivity index (χ3n) is 9.87. The summed E-state index contributed by atoms with van der Waals surface area (Å²) in [5.41, 5.74) is 2.07. The van der Waals surface area contributed by atoms with Crippen LogP contribution in [0.3, 0.4) is 0 Å². The topological polar surface area (TPSA) is 82.9 Å². The van der Waals surface area contributed by atoms with Crippen molar-refractivity contribution in [1.29, 1.82) is 0 Å². The molecular weight excluding hydrogens is 550 g/mol. The van der Waals surface area contributed by atoms with Crippen LogP contribution in [0.1, 0.15) is 61.6 Å². The lowest BCUT2D eigenvalue weighted by Gasteiger charge is -2.55. The first-order valence-electron chi connectivity index (χ1n) is 15.9. The van der Waals surface area contributed by atoms with E-state index in [-0.39, 0.29) is 23.9 Å². The Labute approximate surface area is 258 Å². The Morgan fingerprint density at radius 1 is 0.864 bits per heavy atom. The molecule has 2 fully saturated rings. The number of pyridine rings is 1. The van der Waals surface area contributed by atoms with Gasteiger partial charge in [-0.3, -0.25) is 14.5 Å². The molecule has 2 heterocycles. The minimum absolute atomic E-state index is 0.0329. The minimum atomic E-state index is -1.04. The van der Waals surface area contributed by atoms with Crippen molar-refractivity contribution in [3.05, 3.63) is 118 Å². The molecule has 44 heavy (non-hydrogen) atoms. The fourth-order valence-electron chi connectivity index (χ4n) is 7.75. The van der Waals surface area contributed by atoms with Crippen molar-refractivity contribution >= 4 is 22.9 Å². The van der Waals surface area contributed by atoms with Crippen LogP contribution < -0.4 is 5.56 Å². The number of carboxylic acid groups (broad SMARTS) is 1. The van der Waals surface area contributed by atoms with Crippen molar-refractivity contribution in [1.82, 2.24) is 14.4 Å². The Kier molecular flexibility index (Phi) is 8.56. The van der Waals surface area contributed by atoms with Crippen LogP contribution >= 0.6 is 0 Å². The third-order valence-corrected chi connectivity index (χ3v) is 9.87. The number of piperidine rings is 1. The first kappa shape index (κ1) is 29.7. The SMILES string of the molecule is Cn1c(=O)c(CN(C(=O)C2CCCCC2)C2CCCN(C(=O)O)C2(Cc2ccccc2)c2ccccc2)cc2ccccc21. The van der Waals surface area contributed by atoms with Crippen molar-refractivity contribution < 1.29 is 14.7 Å². The lowest BCUT2D eigenvalue weighted by atomic mass is 9.71. The number of hydrogen-bond donors (Lipinski definition) is 1. The van der Waals surface area contributed by atoms with Gasteiger partial charge in [0.05, 0.1) is 23.6 Å². The van der Waals surface area contributed by atoms with Crippen LogP contribution in [0.25, 0.3) is 10.9 Å². The molecule has 1 aliphatic heterocycles. The van der Waals surface area contributed by atoms with Crippen LogP contribution in [-0.2, 0) is 30.3 Å². The maximum atomic E-state index is 14.8. The molecule has 3 aromatic carbocycles. The number of para-hydroxylation sites is 1. The number of aromatic nitrogens is 1. The number of carbonyl (C=O) groups excluding carboxylic acids is 1. The Bertz CT molecular complexity index is 1680. The Balaban J connectivity index is 1.55. The third kappa shape index (κ3) is 5.51. The maximum absolute atomic E-state index is 14.8. The molecule has 228 valence electrons. The molecule has 2 amide bonds. The minimum Gasteiger partial charge on any atom is -0.465 e. The van der Waals surface area contributed by atoms with Crippen LogP contribution in [0.15, 0.2) is 95.8 Å². The lowest BCUT2D eigenvalue weighted by Crippen LogP contribution is -2.66. The van der Waals surface area contributed by atoms with E-state index in [4.69, 9.17) is 0 Å². The van der Waals surface area contributed by atoms with E-state index < -0.39 is 17.7 Å². The highest BCUT2D eigenvalue weighted by Crippen LogP contribution is 2.45. The molecular formula is C37H41N3O4. The van der Waals surface area contributed by atoms with Gasteiger partial charge in [-0.15, -0.1) is 0 Å². The van der Waals surface area contributed by atoms with Gasteiger partial charge in [-0.1, -0.05) is 98.1 Å². The Morgan fingerprint density at radius 2 is 1.52 bits per heavy atom. The van der Waals surface area contributed by atoms with Crippen molar-refractivity contribution in [3.8, 4) is 0 Å². The molecule has 1 N–H and O–H groups in total. The maximum Gasteiger partial charge on any atom is 0.408 e. The lowest BCUT2D eigenvalue weighted by molar-refractivity contribution is -0.146. The van der Waals surface area contributed by atoms with Gasteiger partial charge >= 0.3 is 6.09 Å². The zero-order chi connectivity index (χ0) is 30.7. The largest absolute Gasteiger partial charge is 0.465 e. The van der Waals surface area contributed by atoms with Gasteiger partial charge in [0.15, 0.2) is 0 Å². The van der Waals surface area contributed by atoms with Gasteiger partial charge < -0.3 is 14.6 Å². The fraction of sp³-hybridized carbons (Fsp3) is 0.378. The fourth-order valence-corrected chi connectivity index (χ4v) is 7.75. The van der Waals surface area contributed by atoms with E-state index in [2.05, 4.69) is 0 Å².